The number of hydrogen-bond donors (Lipinski definition) is 1. The highest BCUT2D eigenvalue weighted by Crippen LogP contribution is 2.23. The van der Waals surface area contributed by atoms with Crippen LogP contribution in [0.5, 0.6) is 5.75 Å². The van der Waals surface area contributed by atoms with Gasteiger partial charge >= 0.3 is 0 Å². The molecule has 0 aliphatic heterocycles. The van der Waals surface area contributed by atoms with E-state index < -0.39 is 0 Å². The lowest BCUT2D eigenvalue weighted by molar-refractivity contribution is 0.414. The number of aryl methyl sites for hydroxylation is 1. The van der Waals surface area contributed by atoms with Gasteiger partial charge in [-0.25, -0.2) is 0 Å². The molecular weight excluding hydrogens is 264 g/mol. The molecule has 5 heteroatoms. The molecule has 5 nitrogen and oxygen atoms in total. The summed E-state index contributed by atoms with van der Waals surface area (Å²) in [5, 5.41) is 8.53. The fraction of sp³-hybridized carbons (Fsp3) is 0.375. The second kappa shape index (κ2) is 6.54. The molecule has 0 spiro atoms. The summed E-state index contributed by atoms with van der Waals surface area (Å²) in [5.41, 5.74) is 10.1. The first kappa shape index (κ1) is 15.3. The molecule has 21 heavy (non-hydrogen) atoms. The molecule has 0 saturated heterocycles. The summed E-state index contributed by atoms with van der Waals surface area (Å²) in [6.07, 6.45) is 0. The molecular formula is C16H22N4O. The number of nitrogens with zero attached hydrogens (tertiary/aromatic N) is 3. The quantitative estimate of drug-likeness (QED) is 0.913. The van der Waals surface area contributed by atoms with Crippen LogP contribution in [0.1, 0.15) is 22.4 Å². The minimum atomic E-state index is 0.458. The van der Waals surface area contributed by atoms with E-state index in [0.29, 0.717) is 6.54 Å². The maximum Gasteiger partial charge on any atom is 0.156 e. The Kier molecular flexibility index (Phi) is 4.75. The molecule has 2 aromatic rings. The van der Waals surface area contributed by atoms with Crippen LogP contribution in [0, 0.1) is 13.8 Å². The van der Waals surface area contributed by atoms with Crippen molar-refractivity contribution in [1.29, 1.82) is 0 Å². The Morgan fingerprint density at radius 3 is 2.67 bits per heavy atom. The van der Waals surface area contributed by atoms with Gasteiger partial charge in [0.1, 0.15) is 5.75 Å². The van der Waals surface area contributed by atoms with Gasteiger partial charge in [-0.05, 0) is 37.1 Å². The SMILES string of the molecule is COc1cccc(CN(C)c2nnc(C)c(C)c2CN)c1. The Balaban J connectivity index is 2.27. The Morgan fingerprint density at radius 1 is 1.24 bits per heavy atom. The van der Waals surface area contributed by atoms with Crippen molar-refractivity contribution in [3.05, 3.63) is 46.6 Å². The van der Waals surface area contributed by atoms with Gasteiger partial charge in [0.2, 0.25) is 0 Å². The fourth-order valence-electron chi connectivity index (χ4n) is 2.31. The highest BCUT2D eigenvalue weighted by molar-refractivity contribution is 5.50. The zero-order chi connectivity index (χ0) is 15.4. The van der Waals surface area contributed by atoms with E-state index in [0.717, 1.165) is 40.5 Å². The van der Waals surface area contributed by atoms with Crippen LogP contribution in [0.4, 0.5) is 5.82 Å². The smallest absolute Gasteiger partial charge is 0.156 e. The molecule has 1 aromatic heterocycles. The molecule has 0 aliphatic carbocycles. The average molecular weight is 286 g/mol. The van der Waals surface area contributed by atoms with E-state index in [4.69, 9.17) is 10.5 Å². The van der Waals surface area contributed by atoms with E-state index in [-0.39, 0.29) is 0 Å². The number of benzene rings is 1. The molecule has 0 radical (unpaired) electrons. The standard InChI is InChI=1S/C16H22N4O/c1-11-12(2)18-19-16(15(11)9-17)20(3)10-13-6-5-7-14(8-13)21-4/h5-8H,9-10,17H2,1-4H3. The van der Waals surface area contributed by atoms with Crippen molar-refractivity contribution < 1.29 is 4.74 Å². The molecule has 0 bridgehead atoms. The van der Waals surface area contributed by atoms with E-state index in [9.17, 15) is 0 Å². The lowest BCUT2D eigenvalue weighted by atomic mass is 10.1. The Hall–Kier alpha value is -2.14. The Bertz CT molecular complexity index is 628. The lowest BCUT2D eigenvalue weighted by Crippen LogP contribution is -2.22. The zero-order valence-corrected chi connectivity index (χ0v) is 13.1. The van der Waals surface area contributed by atoms with Gasteiger partial charge in [-0.3, -0.25) is 0 Å². The topological polar surface area (TPSA) is 64.3 Å². The van der Waals surface area contributed by atoms with Gasteiger partial charge in [-0.2, -0.15) is 5.10 Å². The summed E-state index contributed by atoms with van der Waals surface area (Å²) in [7, 11) is 3.67. The van der Waals surface area contributed by atoms with Crippen LogP contribution in [0.25, 0.3) is 0 Å². The van der Waals surface area contributed by atoms with Crippen LogP contribution in [0.15, 0.2) is 24.3 Å². The Labute approximate surface area is 125 Å². The monoisotopic (exact) mass is 286 g/mol. The number of rotatable bonds is 5. The third kappa shape index (κ3) is 3.31. The first-order chi connectivity index (χ1) is 10.1. The minimum Gasteiger partial charge on any atom is -0.497 e. The van der Waals surface area contributed by atoms with Crippen LogP contribution < -0.4 is 15.4 Å². The van der Waals surface area contributed by atoms with Gasteiger partial charge in [-0.1, -0.05) is 12.1 Å². The summed E-state index contributed by atoms with van der Waals surface area (Å²) < 4.78 is 5.26. The van der Waals surface area contributed by atoms with Crippen molar-refractivity contribution in [2.24, 2.45) is 5.73 Å². The van der Waals surface area contributed by atoms with Crippen molar-refractivity contribution in [3.63, 3.8) is 0 Å². The van der Waals surface area contributed by atoms with Crippen LogP contribution in [0.3, 0.4) is 0 Å². The van der Waals surface area contributed by atoms with Gasteiger partial charge in [-0.15, -0.1) is 5.10 Å². The predicted molar refractivity (Wildman–Crippen MR) is 84.5 cm³/mol. The molecule has 0 amide bonds. The van der Waals surface area contributed by atoms with E-state index in [1.54, 1.807) is 7.11 Å². The highest BCUT2D eigenvalue weighted by Gasteiger charge is 2.14. The van der Waals surface area contributed by atoms with E-state index in [1.807, 2.05) is 39.1 Å². The van der Waals surface area contributed by atoms with Gasteiger partial charge in [0.15, 0.2) is 5.82 Å². The molecule has 0 aliphatic rings. The van der Waals surface area contributed by atoms with Crippen LogP contribution in [0.2, 0.25) is 0 Å². The molecule has 2 rings (SSSR count). The van der Waals surface area contributed by atoms with Crippen molar-refractivity contribution >= 4 is 5.82 Å². The predicted octanol–water partition coefficient (Wildman–Crippen LogP) is 2.20. The van der Waals surface area contributed by atoms with Gasteiger partial charge < -0.3 is 15.4 Å². The summed E-state index contributed by atoms with van der Waals surface area (Å²) in [6, 6.07) is 8.01. The van der Waals surface area contributed by atoms with Gasteiger partial charge in [0.05, 0.1) is 12.8 Å². The number of methoxy groups -OCH3 is 1. The first-order valence-electron chi connectivity index (χ1n) is 6.93. The summed E-state index contributed by atoms with van der Waals surface area (Å²) in [6.45, 7) is 5.17. The Morgan fingerprint density at radius 2 is 2.00 bits per heavy atom. The third-order valence-electron chi connectivity index (χ3n) is 3.68. The molecule has 0 unspecified atom stereocenters. The largest absolute Gasteiger partial charge is 0.497 e. The summed E-state index contributed by atoms with van der Waals surface area (Å²) >= 11 is 0. The number of nitrogens with two attached hydrogens (primary N) is 1. The van der Waals surface area contributed by atoms with E-state index >= 15 is 0 Å². The third-order valence-corrected chi connectivity index (χ3v) is 3.68. The molecule has 0 saturated carbocycles. The molecule has 0 atom stereocenters. The van der Waals surface area contributed by atoms with Gasteiger partial charge in [0, 0.05) is 25.7 Å². The first-order valence-corrected chi connectivity index (χ1v) is 6.93. The van der Waals surface area contributed by atoms with Crippen LogP contribution in [-0.2, 0) is 13.1 Å². The maximum atomic E-state index is 5.88. The minimum absolute atomic E-state index is 0.458. The lowest BCUT2D eigenvalue weighted by Gasteiger charge is -2.22. The van der Waals surface area contributed by atoms with E-state index in [2.05, 4.69) is 21.2 Å². The molecule has 112 valence electrons. The second-order valence-corrected chi connectivity index (χ2v) is 5.12. The average Bonchev–Trinajstić information content (AvgIpc) is 2.49. The maximum absolute atomic E-state index is 5.88. The fourth-order valence-corrected chi connectivity index (χ4v) is 2.31. The molecule has 2 N–H and O–H groups in total. The van der Waals surface area contributed by atoms with Crippen LogP contribution >= 0.6 is 0 Å². The number of anilines is 1. The van der Waals surface area contributed by atoms with Crippen molar-refractivity contribution in [2.75, 3.05) is 19.1 Å². The number of ether oxygens (including phenoxy) is 1. The number of aromatic nitrogens is 2. The summed E-state index contributed by atoms with van der Waals surface area (Å²) in [4.78, 5) is 2.07. The molecule has 1 heterocycles. The van der Waals surface area contributed by atoms with Crippen LogP contribution in [-0.4, -0.2) is 24.4 Å². The van der Waals surface area contributed by atoms with Crippen molar-refractivity contribution in [3.8, 4) is 5.75 Å². The second-order valence-electron chi connectivity index (χ2n) is 5.12. The van der Waals surface area contributed by atoms with Gasteiger partial charge in [0.25, 0.3) is 0 Å². The normalized spacial score (nSPS) is 10.5. The number of hydrogen-bond acceptors (Lipinski definition) is 5. The van der Waals surface area contributed by atoms with E-state index in [1.165, 1.54) is 0 Å². The molecule has 1 aromatic carbocycles. The van der Waals surface area contributed by atoms with Crippen molar-refractivity contribution in [2.45, 2.75) is 26.9 Å². The highest BCUT2D eigenvalue weighted by atomic mass is 16.5. The zero-order valence-electron chi connectivity index (χ0n) is 13.1. The van der Waals surface area contributed by atoms with Crippen molar-refractivity contribution in [1.82, 2.24) is 10.2 Å². The summed E-state index contributed by atoms with van der Waals surface area (Å²) in [5.74, 6) is 1.69. The molecule has 0 fully saturated rings.